The maximum Gasteiger partial charge on any atom is 0.433 e. The zero-order valence-electron chi connectivity index (χ0n) is 9.65. The van der Waals surface area contributed by atoms with Crippen LogP contribution >= 0.6 is 15.9 Å². The molecule has 20 heavy (non-hydrogen) atoms. The molecule has 0 aliphatic carbocycles. The highest BCUT2D eigenvalue weighted by Crippen LogP contribution is 2.31. The van der Waals surface area contributed by atoms with Gasteiger partial charge in [-0.05, 0) is 28.1 Å². The minimum atomic E-state index is -4.69. The summed E-state index contributed by atoms with van der Waals surface area (Å²) in [7, 11) is 0. The van der Waals surface area contributed by atoms with Gasteiger partial charge in [-0.25, -0.2) is 15.5 Å². The lowest BCUT2D eigenvalue weighted by molar-refractivity contribution is -0.142. The molecule has 0 radical (unpaired) electrons. The van der Waals surface area contributed by atoms with Gasteiger partial charge in [-0.2, -0.15) is 18.3 Å². The van der Waals surface area contributed by atoms with Gasteiger partial charge in [0.15, 0.2) is 17.2 Å². The van der Waals surface area contributed by atoms with Crippen LogP contribution in [0.2, 0.25) is 0 Å². The summed E-state index contributed by atoms with van der Waals surface area (Å²) in [5.74, 6) is 3.88. The van der Waals surface area contributed by atoms with E-state index in [1.165, 1.54) is 18.3 Å². The van der Waals surface area contributed by atoms with Gasteiger partial charge in [-0.15, -0.1) is 0 Å². The average molecular weight is 350 g/mol. The monoisotopic (exact) mass is 349 g/mol. The van der Waals surface area contributed by atoms with Gasteiger partial charge < -0.3 is 0 Å². The third kappa shape index (κ3) is 2.80. The Kier molecular flexibility index (Phi) is 3.77. The number of nitrogens with one attached hydrogen (secondary N) is 1. The molecule has 0 aliphatic heterocycles. The van der Waals surface area contributed by atoms with E-state index in [9.17, 15) is 18.0 Å². The van der Waals surface area contributed by atoms with Crippen molar-refractivity contribution in [3.63, 3.8) is 0 Å². The van der Waals surface area contributed by atoms with Gasteiger partial charge >= 0.3 is 6.18 Å². The molecule has 2 heterocycles. The second-order valence-corrected chi connectivity index (χ2v) is 4.55. The lowest BCUT2D eigenvalue weighted by Crippen LogP contribution is -2.30. The van der Waals surface area contributed by atoms with E-state index in [2.05, 4.69) is 26.0 Å². The predicted molar refractivity (Wildman–Crippen MR) is 65.7 cm³/mol. The van der Waals surface area contributed by atoms with Crippen LogP contribution in [0.5, 0.6) is 0 Å². The molecule has 0 aliphatic rings. The fraction of sp³-hybridized carbons (Fsp3) is 0.100. The Bertz CT molecular complexity index is 637. The quantitative estimate of drug-likeness (QED) is 0.490. The number of hydrogen-bond donors (Lipinski definition) is 2. The molecule has 1 amide bonds. The molecule has 10 heteroatoms. The zero-order chi connectivity index (χ0) is 14.9. The van der Waals surface area contributed by atoms with Crippen LogP contribution in [0.1, 0.15) is 16.2 Å². The number of nitrogen functional groups attached to an aromatic ring is 1. The summed E-state index contributed by atoms with van der Waals surface area (Å²) in [5, 5.41) is 3.57. The first kappa shape index (κ1) is 14.5. The van der Waals surface area contributed by atoms with Gasteiger partial charge in [0.1, 0.15) is 0 Å². The third-order valence-corrected chi connectivity index (χ3v) is 2.76. The molecule has 2 aromatic heterocycles. The number of pyridine rings is 1. The highest BCUT2D eigenvalue weighted by molar-refractivity contribution is 9.10. The summed E-state index contributed by atoms with van der Waals surface area (Å²) in [4.78, 5) is 15.1. The standard InChI is InChI=1S/C10H7BrF3N5O/c11-5-1-2-8(16-4-5)19-7(10(12,13)14)3-6(18-19)9(20)17-15/h1-4H,15H2,(H,17,20). The number of alkyl halides is 3. The Morgan fingerprint density at radius 2 is 2.10 bits per heavy atom. The van der Waals surface area contributed by atoms with E-state index in [-0.39, 0.29) is 5.82 Å². The first-order valence-electron chi connectivity index (χ1n) is 5.13. The van der Waals surface area contributed by atoms with Crippen molar-refractivity contribution in [2.75, 3.05) is 0 Å². The molecule has 6 nitrogen and oxygen atoms in total. The Morgan fingerprint density at radius 3 is 2.60 bits per heavy atom. The lowest BCUT2D eigenvalue weighted by atomic mass is 10.3. The molecule has 2 aromatic rings. The molecule has 0 saturated heterocycles. The van der Waals surface area contributed by atoms with Crippen LogP contribution in [0.4, 0.5) is 13.2 Å². The van der Waals surface area contributed by atoms with Crippen LogP contribution < -0.4 is 11.3 Å². The highest BCUT2D eigenvalue weighted by Gasteiger charge is 2.37. The highest BCUT2D eigenvalue weighted by atomic mass is 79.9. The van der Waals surface area contributed by atoms with Gasteiger partial charge in [0.25, 0.3) is 5.91 Å². The van der Waals surface area contributed by atoms with Crippen molar-refractivity contribution < 1.29 is 18.0 Å². The fourth-order valence-electron chi connectivity index (χ4n) is 1.44. The predicted octanol–water partition coefficient (Wildman–Crippen LogP) is 1.65. The minimum absolute atomic E-state index is 0.0726. The number of aromatic nitrogens is 3. The normalized spacial score (nSPS) is 11.4. The summed E-state index contributed by atoms with van der Waals surface area (Å²) in [6, 6.07) is 3.44. The van der Waals surface area contributed by atoms with E-state index >= 15 is 0 Å². The van der Waals surface area contributed by atoms with Crippen LogP contribution in [0, 0.1) is 0 Å². The van der Waals surface area contributed by atoms with E-state index in [4.69, 9.17) is 5.84 Å². The van der Waals surface area contributed by atoms with Crippen molar-refractivity contribution in [1.29, 1.82) is 0 Å². The van der Waals surface area contributed by atoms with E-state index in [1.807, 2.05) is 0 Å². The Morgan fingerprint density at radius 1 is 1.40 bits per heavy atom. The fourth-order valence-corrected chi connectivity index (χ4v) is 1.67. The zero-order valence-corrected chi connectivity index (χ0v) is 11.2. The SMILES string of the molecule is NNC(=O)c1cc(C(F)(F)F)n(-c2ccc(Br)cn2)n1. The van der Waals surface area contributed by atoms with Crippen molar-refractivity contribution in [2.24, 2.45) is 5.84 Å². The molecule has 0 atom stereocenters. The van der Waals surface area contributed by atoms with Crippen molar-refractivity contribution >= 4 is 21.8 Å². The minimum Gasteiger partial charge on any atom is -0.289 e. The van der Waals surface area contributed by atoms with Gasteiger partial charge in [0, 0.05) is 16.7 Å². The molecular formula is C10H7BrF3N5O. The van der Waals surface area contributed by atoms with Gasteiger partial charge in [0.05, 0.1) is 0 Å². The Balaban J connectivity index is 2.58. The number of rotatable bonds is 2. The molecule has 0 bridgehead atoms. The Labute approximate surface area is 118 Å². The molecule has 3 N–H and O–H groups in total. The van der Waals surface area contributed by atoms with Crippen LogP contribution in [0.25, 0.3) is 5.82 Å². The third-order valence-electron chi connectivity index (χ3n) is 2.29. The van der Waals surface area contributed by atoms with E-state index in [1.54, 1.807) is 5.43 Å². The topological polar surface area (TPSA) is 85.8 Å². The van der Waals surface area contributed by atoms with Gasteiger partial charge in [-0.1, -0.05) is 0 Å². The maximum atomic E-state index is 12.9. The summed E-state index contributed by atoms with van der Waals surface area (Å²) in [5.41, 5.74) is 0.150. The molecule has 106 valence electrons. The maximum absolute atomic E-state index is 12.9. The smallest absolute Gasteiger partial charge is 0.289 e. The number of halogens is 4. The van der Waals surface area contributed by atoms with Crippen molar-refractivity contribution in [2.45, 2.75) is 6.18 Å². The summed E-state index contributed by atoms with van der Waals surface area (Å²) in [6.07, 6.45) is -3.37. The van der Waals surface area contributed by atoms with Gasteiger partial charge in [-0.3, -0.25) is 10.2 Å². The van der Waals surface area contributed by atoms with Crippen molar-refractivity contribution in [3.05, 3.63) is 40.3 Å². The number of nitrogens with two attached hydrogens (primary N) is 1. The van der Waals surface area contributed by atoms with E-state index < -0.39 is 23.5 Å². The molecule has 0 spiro atoms. The first-order valence-corrected chi connectivity index (χ1v) is 5.92. The molecule has 0 saturated carbocycles. The number of amides is 1. The molecule has 0 unspecified atom stereocenters. The second-order valence-electron chi connectivity index (χ2n) is 3.63. The average Bonchev–Trinajstić information content (AvgIpc) is 2.83. The Hall–Kier alpha value is -1.94. The largest absolute Gasteiger partial charge is 0.433 e. The summed E-state index contributed by atoms with van der Waals surface area (Å²) >= 11 is 3.12. The number of carbonyl (C=O) groups is 1. The van der Waals surface area contributed by atoms with Crippen molar-refractivity contribution in [3.8, 4) is 5.82 Å². The van der Waals surface area contributed by atoms with Crippen LogP contribution in [0.15, 0.2) is 28.9 Å². The summed E-state index contributed by atoms with van der Waals surface area (Å²) in [6.45, 7) is 0. The number of hydrogen-bond acceptors (Lipinski definition) is 4. The molecule has 2 rings (SSSR count). The molecule has 0 fully saturated rings. The molecule has 0 aromatic carbocycles. The number of hydrazine groups is 1. The van der Waals surface area contributed by atoms with Gasteiger partial charge in [0.2, 0.25) is 0 Å². The van der Waals surface area contributed by atoms with E-state index in [0.717, 1.165) is 0 Å². The van der Waals surface area contributed by atoms with Crippen molar-refractivity contribution in [1.82, 2.24) is 20.2 Å². The summed E-state index contributed by atoms with van der Waals surface area (Å²) < 4.78 is 39.9. The number of carbonyl (C=O) groups excluding carboxylic acids is 1. The first-order chi connectivity index (χ1) is 9.32. The number of nitrogens with zero attached hydrogens (tertiary/aromatic N) is 3. The lowest BCUT2D eigenvalue weighted by Gasteiger charge is -2.09. The molecular weight excluding hydrogens is 343 g/mol. The van der Waals surface area contributed by atoms with Crippen LogP contribution in [-0.4, -0.2) is 20.7 Å². The van der Waals surface area contributed by atoms with Crippen LogP contribution in [-0.2, 0) is 6.18 Å². The van der Waals surface area contributed by atoms with Crippen LogP contribution in [0.3, 0.4) is 0 Å². The van der Waals surface area contributed by atoms with E-state index in [0.29, 0.717) is 15.2 Å². The second kappa shape index (κ2) is 5.21.